The van der Waals surface area contributed by atoms with Crippen LogP contribution in [0.5, 0.6) is 0 Å². The standard InChI is InChI=1S/C13H8BrF2NO/c14-11-9(2-1-3-10(11)13(15)16)12(18)8-4-6-17-7-5-8/h1-7,13H. The molecule has 2 rings (SSSR count). The Morgan fingerprint density at radius 3 is 2.44 bits per heavy atom. The predicted molar refractivity (Wildman–Crippen MR) is 66.8 cm³/mol. The molecule has 0 saturated carbocycles. The number of hydrogen-bond donors (Lipinski definition) is 0. The molecule has 18 heavy (non-hydrogen) atoms. The highest BCUT2D eigenvalue weighted by molar-refractivity contribution is 9.10. The van der Waals surface area contributed by atoms with Crippen LogP contribution in [-0.2, 0) is 0 Å². The second-order valence-electron chi connectivity index (χ2n) is 3.57. The van der Waals surface area contributed by atoms with Gasteiger partial charge >= 0.3 is 0 Å². The minimum atomic E-state index is -2.62. The molecule has 0 aliphatic rings. The molecule has 1 heterocycles. The summed E-state index contributed by atoms with van der Waals surface area (Å²) < 4.78 is 25.6. The van der Waals surface area contributed by atoms with E-state index in [-0.39, 0.29) is 21.4 Å². The molecule has 0 fully saturated rings. The van der Waals surface area contributed by atoms with Crippen molar-refractivity contribution >= 4 is 21.7 Å². The van der Waals surface area contributed by atoms with E-state index in [0.717, 1.165) is 0 Å². The molecule has 0 unspecified atom stereocenters. The van der Waals surface area contributed by atoms with E-state index in [9.17, 15) is 13.6 Å². The predicted octanol–water partition coefficient (Wildman–Crippen LogP) is 4.01. The maximum absolute atomic E-state index is 12.7. The van der Waals surface area contributed by atoms with Crippen molar-refractivity contribution in [2.45, 2.75) is 6.43 Å². The first-order valence-corrected chi connectivity index (χ1v) is 5.92. The second kappa shape index (κ2) is 5.35. The first-order chi connectivity index (χ1) is 8.61. The Hall–Kier alpha value is -1.62. The van der Waals surface area contributed by atoms with E-state index in [4.69, 9.17) is 0 Å². The van der Waals surface area contributed by atoms with Crippen molar-refractivity contribution in [2.75, 3.05) is 0 Å². The number of ketones is 1. The third-order valence-corrected chi connectivity index (χ3v) is 3.34. The average molecular weight is 312 g/mol. The highest BCUT2D eigenvalue weighted by Crippen LogP contribution is 2.31. The molecule has 1 aromatic carbocycles. The Labute approximate surface area is 111 Å². The van der Waals surface area contributed by atoms with Crippen LogP contribution in [0.2, 0.25) is 0 Å². The fourth-order valence-electron chi connectivity index (χ4n) is 1.55. The molecular weight excluding hydrogens is 304 g/mol. The molecule has 0 atom stereocenters. The average Bonchev–Trinajstić information content (AvgIpc) is 2.39. The van der Waals surface area contributed by atoms with Gasteiger partial charge in [0.15, 0.2) is 5.78 Å². The molecule has 1 aromatic heterocycles. The van der Waals surface area contributed by atoms with E-state index >= 15 is 0 Å². The van der Waals surface area contributed by atoms with Crippen molar-refractivity contribution < 1.29 is 13.6 Å². The molecule has 0 radical (unpaired) electrons. The Kier molecular flexibility index (Phi) is 3.81. The minimum absolute atomic E-state index is 0.141. The molecule has 2 aromatic rings. The quantitative estimate of drug-likeness (QED) is 0.802. The van der Waals surface area contributed by atoms with Crippen LogP contribution in [0, 0.1) is 0 Å². The summed E-state index contributed by atoms with van der Waals surface area (Å²) in [7, 11) is 0. The van der Waals surface area contributed by atoms with Crippen LogP contribution in [0.1, 0.15) is 27.9 Å². The number of carbonyl (C=O) groups excluding carboxylic acids is 1. The zero-order valence-electron chi connectivity index (χ0n) is 9.11. The van der Waals surface area contributed by atoms with Crippen molar-refractivity contribution in [1.29, 1.82) is 0 Å². The molecule has 2 nitrogen and oxygen atoms in total. The van der Waals surface area contributed by atoms with Gasteiger partial charge in [0.25, 0.3) is 6.43 Å². The number of hydrogen-bond acceptors (Lipinski definition) is 2. The Bertz CT molecular complexity index is 572. The number of carbonyl (C=O) groups is 1. The monoisotopic (exact) mass is 311 g/mol. The van der Waals surface area contributed by atoms with Crippen molar-refractivity contribution in [2.24, 2.45) is 0 Å². The van der Waals surface area contributed by atoms with Gasteiger partial charge in [-0.15, -0.1) is 0 Å². The molecule has 0 amide bonds. The van der Waals surface area contributed by atoms with E-state index in [1.165, 1.54) is 30.6 Å². The number of halogens is 3. The van der Waals surface area contributed by atoms with Gasteiger partial charge < -0.3 is 0 Å². The van der Waals surface area contributed by atoms with Gasteiger partial charge in [0.2, 0.25) is 0 Å². The van der Waals surface area contributed by atoms with Crippen LogP contribution < -0.4 is 0 Å². The topological polar surface area (TPSA) is 30.0 Å². The normalized spacial score (nSPS) is 10.7. The van der Waals surface area contributed by atoms with Crippen molar-refractivity contribution in [3.05, 3.63) is 63.9 Å². The van der Waals surface area contributed by atoms with Gasteiger partial charge in [-0.1, -0.05) is 12.1 Å². The lowest BCUT2D eigenvalue weighted by Gasteiger charge is -2.08. The Morgan fingerprint density at radius 1 is 1.17 bits per heavy atom. The maximum atomic E-state index is 12.7. The van der Waals surface area contributed by atoms with Crippen LogP contribution in [0.4, 0.5) is 8.78 Å². The number of nitrogens with zero attached hydrogens (tertiary/aromatic N) is 1. The summed E-state index contributed by atoms with van der Waals surface area (Å²) in [5, 5.41) is 0. The van der Waals surface area contributed by atoms with Gasteiger partial charge in [0.1, 0.15) is 0 Å². The second-order valence-corrected chi connectivity index (χ2v) is 4.37. The molecule has 92 valence electrons. The zero-order chi connectivity index (χ0) is 13.1. The van der Waals surface area contributed by atoms with Gasteiger partial charge in [-0.05, 0) is 34.1 Å². The van der Waals surface area contributed by atoms with Crippen LogP contribution >= 0.6 is 15.9 Å². The number of rotatable bonds is 3. The van der Waals surface area contributed by atoms with E-state index < -0.39 is 6.43 Å². The van der Waals surface area contributed by atoms with Crippen LogP contribution in [0.15, 0.2) is 47.2 Å². The zero-order valence-corrected chi connectivity index (χ0v) is 10.7. The maximum Gasteiger partial charge on any atom is 0.264 e. The van der Waals surface area contributed by atoms with Gasteiger partial charge in [0.05, 0.1) is 0 Å². The molecule has 0 saturated heterocycles. The summed E-state index contributed by atoms with van der Waals surface area (Å²) >= 11 is 3.06. The van der Waals surface area contributed by atoms with Gasteiger partial charge in [-0.2, -0.15) is 0 Å². The van der Waals surface area contributed by atoms with Gasteiger partial charge in [-0.25, -0.2) is 8.78 Å². The summed E-state index contributed by atoms with van der Waals surface area (Å²) in [6.45, 7) is 0. The molecule has 0 bridgehead atoms. The molecule has 0 aliphatic heterocycles. The molecule has 0 aliphatic carbocycles. The summed E-state index contributed by atoms with van der Waals surface area (Å²) in [6.07, 6.45) is 0.348. The molecule has 5 heteroatoms. The lowest BCUT2D eigenvalue weighted by Crippen LogP contribution is -2.04. The highest BCUT2D eigenvalue weighted by Gasteiger charge is 2.18. The van der Waals surface area contributed by atoms with E-state index in [1.807, 2.05) is 0 Å². The van der Waals surface area contributed by atoms with Crippen molar-refractivity contribution in [1.82, 2.24) is 4.98 Å². The smallest absolute Gasteiger partial charge is 0.264 e. The first kappa shape index (κ1) is 12.8. The lowest BCUT2D eigenvalue weighted by atomic mass is 10.0. The van der Waals surface area contributed by atoms with Crippen LogP contribution in [0.25, 0.3) is 0 Å². The molecule has 0 spiro atoms. The summed E-state index contributed by atoms with van der Waals surface area (Å²) in [5.74, 6) is -0.313. The third kappa shape index (κ3) is 2.46. The fraction of sp³-hybridized carbons (Fsp3) is 0.0769. The van der Waals surface area contributed by atoms with Gasteiger partial charge in [-0.3, -0.25) is 9.78 Å². The van der Waals surface area contributed by atoms with Crippen molar-refractivity contribution in [3.8, 4) is 0 Å². The van der Waals surface area contributed by atoms with E-state index in [1.54, 1.807) is 12.1 Å². The fourth-order valence-corrected chi connectivity index (χ4v) is 2.17. The van der Waals surface area contributed by atoms with Gasteiger partial charge in [0, 0.05) is 33.6 Å². The van der Waals surface area contributed by atoms with Crippen LogP contribution in [-0.4, -0.2) is 10.8 Å². The van der Waals surface area contributed by atoms with E-state index in [2.05, 4.69) is 20.9 Å². The summed E-state index contributed by atoms with van der Waals surface area (Å²) in [5.41, 5.74) is 0.450. The Balaban J connectivity index is 2.47. The molecular formula is C13H8BrF2NO. The summed E-state index contributed by atoms with van der Waals surface area (Å²) in [4.78, 5) is 15.9. The number of pyridine rings is 1. The number of aromatic nitrogens is 1. The lowest BCUT2D eigenvalue weighted by molar-refractivity contribution is 0.103. The van der Waals surface area contributed by atoms with Crippen molar-refractivity contribution in [3.63, 3.8) is 0 Å². The third-order valence-electron chi connectivity index (χ3n) is 2.45. The number of alkyl halides is 2. The first-order valence-electron chi connectivity index (χ1n) is 5.12. The SMILES string of the molecule is O=C(c1ccncc1)c1cccc(C(F)F)c1Br. The Morgan fingerprint density at radius 2 is 1.83 bits per heavy atom. The number of benzene rings is 1. The summed E-state index contributed by atoms with van der Waals surface area (Å²) in [6, 6.07) is 7.34. The largest absolute Gasteiger partial charge is 0.289 e. The molecule has 0 N–H and O–H groups in total. The van der Waals surface area contributed by atoms with E-state index in [0.29, 0.717) is 5.56 Å². The highest BCUT2D eigenvalue weighted by atomic mass is 79.9. The minimum Gasteiger partial charge on any atom is -0.289 e. The van der Waals surface area contributed by atoms with Crippen LogP contribution in [0.3, 0.4) is 0 Å².